The molecule has 2 aromatic rings. The molecule has 1 aliphatic heterocycles. The van der Waals surface area contributed by atoms with Crippen LogP contribution in [0.4, 0.5) is 5.69 Å². The summed E-state index contributed by atoms with van der Waals surface area (Å²) in [5.41, 5.74) is 8.60. The third-order valence-corrected chi connectivity index (χ3v) is 3.42. The minimum absolute atomic E-state index is 0.753. The van der Waals surface area contributed by atoms with E-state index in [0.29, 0.717) is 0 Å². The van der Waals surface area contributed by atoms with Gasteiger partial charge in [0, 0.05) is 0 Å². The van der Waals surface area contributed by atoms with Gasteiger partial charge in [-0.3, -0.25) is 4.90 Å². The minimum Gasteiger partial charge on any atom is -0.397 e. The predicted octanol–water partition coefficient (Wildman–Crippen LogP) is 2.13. The van der Waals surface area contributed by atoms with E-state index in [4.69, 9.17) is 5.73 Å². The highest BCUT2D eigenvalue weighted by atomic mass is 15.2. The Bertz CT molecular complexity index is 511. The Hall–Kier alpha value is -1.55. The lowest BCUT2D eigenvalue weighted by molar-refractivity contribution is 0.216. The molecule has 0 atom stereocenters. The first-order chi connectivity index (χ1) is 8.33. The third-order valence-electron chi connectivity index (χ3n) is 3.42. The molecule has 2 heterocycles. The third kappa shape index (κ3) is 2.13. The maximum absolute atomic E-state index is 5.91. The summed E-state index contributed by atoms with van der Waals surface area (Å²) in [5, 5.41) is 0. The van der Waals surface area contributed by atoms with E-state index in [1.807, 2.05) is 18.2 Å². The number of nitrogens with one attached hydrogen (secondary N) is 1. The summed E-state index contributed by atoms with van der Waals surface area (Å²) >= 11 is 0. The number of fused-ring (bicyclic) bond motifs is 1. The molecule has 1 aromatic heterocycles. The van der Waals surface area contributed by atoms with Crippen LogP contribution in [0.2, 0.25) is 0 Å². The number of hydrogen-bond acceptors (Lipinski definition) is 3. The van der Waals surface area contributed by atoms with Crippen molar-refractivity contribution in [2.75, 3.05) is 18.8 Å². The average Bonchev–Trinajstić information content (AvgIpc) is 2.74. The molecular weight excluding hydrogens is 212 g/mol. The number of likely N-dealkylation sites (tertiary alicyclic amines) is 1. The van der Waals surface area contributed by atoms with Gasteiger partial charge >= 0.3 is 0 Å². The van der Waals surface area contributed by atoms with E-state index < -0.39 is 0 Å². The summed E-state index contributed by atoms with van der Waals surface area (Å²) < 4.78 is 0. The van der Waals surface area contributed by atoms with Crippen LogP contribution in [0.5, 0.6) is 0 Å². The first-order valence-electron chi connectivity index (χ1n) is 6.28. The summed E-state index contributed by atoms with van der Waals surface area (Å²) in [5.74, 6) is 1.03. The van der Waals surface area contributed by atoms with E-state index in [9.17, 15) is 0 Å². The minimum atomic E-state index is 0.753. The fraction of sp³-hybridized carbons (Fsp3) is 0.462. The lowest BCUT2D eigenvalue weighted by atomic mass is 10.1. The summed E-state index contributed by atoms with van der Waals surface area (Å²) in [6.07, 6.45) is 3.98. The van der Waals surface area contributed by atoms with Crippen LogP contribution in [0.25, 0.3) is 11.0 Å². The fourth-order valence-corrected chi connectivity index (χ4v) is 2.51. The average molecular weight is 230 g/mol. The summed E-state index contributed by atoms with van der Waals surface area (Å²) in [4.78, 5) is 10.4. The van der Waals surface area contributed by atoms with Gasteiger partial charge in [-0.1, -0.05) is 12.5 Å². The lowest BCUT2D eigenvalue weighted by Crippen LogP contribution is -2.29. The molecular formula is C13H18N4. The van der Waals surface area contributed by atoms with Crippen LogP contribution in [0.3, 0.4) is 0 Å². The number of aromatic amines is 1. The van der Waals surface area contributed by atoms with E-state index in [1.165, 1.54) is 32.4 Å². The van der Waals surface area contributed by atoms with Crippen LogP contribution in [0.15, 0.2) is 18.2 Å². The number of benzene rings is 1. The van der Waals surface area contributed by atoms with Gasteiger partial charge in [0.15, 0.2) is 0 Å². The molecule has 0 amide bonds. The van der Waals surface area contributed by atoms with E-state index in [0.717, 1.165) is 29.1 Å². The number of imidazole rings is 1. The van der Waals surface area contributed by atoms with Crippen molar-refractivity contribution >= 4 is 16.7 Å². The van der Waals surface area contributed by atoms with Crippen molar-refractivity contribution in [1.82, 2.24) is 14.9 Å². The lowest BCUT2D eigenvalue weighted by Gasteiger charge is -2.25. The van der Waals surface area contributed by atoms with Crippen molar-refractivity contribution < 1.29 is 0 Å². The quantitative estimate of drug-likeness (QED) is 0.777. The Balaban J connectivity index is 1.83. The number of rotatable bonds is 2. The Kier molecular flexibility index (Phi) is 2.73. The molecule has 3 rings (SSSR count). The van der Waals surface area contributed by atoms with Crippen molar-refractivity contribution in [3.05, 3.63) is 24.0 Å². The molecule has 4 heteroatoms. The summed E-state index contributed by atoms with van der Waals surface area (Å²) in [7, 11) is 0. The molecule has 90 valence electrons. The zero-order valence-electron chi connectivity index (χ0n) is 9.95. The van der Waals surface area contributed by atoms with E-state index in [1.54, 1.807) is 0 Å². The monoisotopic (exact) mass is 230 g/mol. The summed E-state index contributed by atoms with van der Waals surface area (Å²) in [6.45, 7) is 3.28. The van der Waals surface area contributed by atoms with Crippen molar-refractivity contribution in [3.8, 4) is 0 Å². The molecule has 0 unspecified atom stereocenters. The van der Waals surface area contributed by atoms with Crippen LogP contribution in [-0.4, -0.2) is 28.0 Å². The van der Waals surface area contributed by atoms with E-state index in [2.05, 4.69) is 14.9 Å². The van der Waals surface area contributed by atoms with E-state index >= 15 is 0 Å². The molecule has 0 saturated carbocycles. The van der Waals surface area contributed by atoms with Crippen molar-refractivity contribution in [2.45, 2.75) is 25.8 Å². The molecule has 0 aliphatic carbocycles. The van der Waals surface area contributed by atoms with Crippen molar-refractivity contribution in [3.63, 3.8) is 0 Å². The Morgan fingerprint density at radius 2 is 2.06 bits per heavy atom. The number of nitrogen functional groups attached to an aromatic ring is 1. The van der Waals surface area contributed by atoms with Gasteiger partial charge in [0.1, 0.15) is 11.3 Å². The molecule has 0 radical (unpaired) electrons. The second-order valence-electron chi connectivity index (χ2n) is 4.76. The first kappa shape index (κ1) is 10.6. The Morgan fingerprint density at radius 1 is 1.24 bits per heavy atom. The van der Waals surface area contributed by atoms with Crippen LogP contribution in [-0.2, 0) is 6.54 Å². The van der Waals surface area contributed by atoms with Gasteiger partial charge in [-0.2, -0.15) is 0 Å². The Labute approximate surface area is 101 Å². The number of H-pyrrole nitrogens is 1. The van der Waals surface area contributed by atoms with Gasteiger partial charge in [0.2, 0.25) is 0 Å². The van der Waals surface area contributed by atoms with Crippen LogP contribution in [0, 0.1) is 0 Å². The number of piperidine rings is 1. The number of anilines is 1. The zero-order valence-corrected chi connectivity index (χ0v) is 9.95. The Morgan fingerprint density at radius 3 is 2.82 bits per heavy atom. The maximum atomic E-state index is 5.91. The van der Waals surface area contributed by atoms with Gasteiger partial charge in [-0.25, -0.2) is 4.98 Å². The highest BCUT2D eigenvalue weighted by Gasteiger charge is 2.13. The molecule has 1 fully saturated rings. The fourth-order valence-electron chi connectivity index (χ4n) is 2.51. The second kappa shape index (κ2) is 4.37. The maximum Gasteiger partial charge on any atom is 0.121 e. The molecule has 1 aliphatic rings. The van der Waals surface area contributed by atoms with Gasteiger partial charge in [0.05, 0.1) is 17.7 Å². The molecule has 4 nitrogen and oxygen atoms in total. The highest BCUT2D eigenvalue weighted by Crippen LogP contribution is 2.19. The smallest absolute Gasteiger partial charge is 0.121 e. The number of hydrogen-bond donors (Lipinski definition) is 2. The molecule has 1 aromatic carbocycles. The molecule has 17 heavy (non-hydrogen) atoms. The normalized spacial score (nSPS) is 17.6. The topological polar surface area (TPSA) is 57.9 Å². The molecule has 1 saturated heterocycles. The number of para-hydroxylation sites is 1. The molecule has 3 N–H and O–H groups in total. The van der Waals surface area contributed by atoms with Crippen LogP contribution >= 0.6 is 0 Å². The second-order valence-corrected chi connectivity index (χ2v) is 4.76. The van der Waals surface area contributed by atoms with E-state index in [-0.39, 0.29) is 0 Å². The van der Waals surface area contributed by atoms with Gasteiger partial charge < -0.3 is 10.7 Å². The van der Waals surface area contributed by atoms with Crippen LogP contribution < -0.4 is 5.73 Å². The molecule has 0 spiro atoms. The van der Waals surface area contributed by atoms with Gasteiger partial charge in [-0.05, 0) is 38.1 Å². The summed E-state index contributed by atoms with van der Waals surface area (Å²) in [6, 6.07) is 5.88. The van der Waals surface area contributed by atoms with Crippen molar-refractivity contribution in [1.29, 1.82) is 0 Å². The SMILES string of the molecule is Nc1cccc2[nH]c(CN3CCCCC3)nc12. The van der Waals surface area contributed by atoms with Gasteiger partial charge in [0.25, 0.3) is 0 Å². The zero-order chi connectivity index (χ0) is 11.7. The predicted molar refractivity (Wildman–Crippen MR) is 69.6 cm³/mol. The number of nitrogens with zero attached hydrogens (tertiary/aromatic N) is 2. The first-order valence-corrected chi connectivity index (χ1v) is 6.28. The largest absolute Gasteiger partial charge is 0.397 e. The van der Waals surface area contributed by atoms with Crippen molar-refractivity contribution in [2.24, 2.45) is 0 Å². The number of nitrogens with two attached hydrogens (primary N) is 1. The van der Waals surface area contributed by atoms with Gasteiger partial charge in [-0.15, -0.1) is 0 Å². The number of aromatic nitrogens is 2. The highest BCUT2D eigenvalue weighted by molar-refractivity contribution is 5.86. The molecule has 0 bridgehead atoms. The van der Waals surface area contributed by atoms with Crippen LogP contribution in [0.1, 0.15) is 25.1 Å². The standard InChI is InChI=1S/C13H18N4/c14-10-5-4-6-11-13(10)16-12(15-11)9-17-7-2-1-3-8-17/h4-6H,1-3,7-9,14H2,(H,15,16).